The average molecular weight is 1060 g/mol. The second-order valence-electron chi connectivity index (χ2n) is 19.1. The second kappa shape index (κ2) is 17.8. The largest absolute Gasteiger partial charge is 0.501 e. The van der Waals surface area contributed by atoms with Gasteiger partial charge in [-0.25, -0.2) is 4.98 Å². The summed E-state index contributed by atoms with van der Waals surface area (Å²) in [7, 11) is 0. The van der Waals surface area contributed by atoms with Crippen LogP contribution >= 0.6 is 0 Å². The fourth-order valence-corrected chi connectivity index (χ4v) is 9.38. The number of fused-ring (bicyclic) bond motifs is 8. The van der Waals surface area contributed by atoms with E-state index in [2.05, 4.69) is 184 Å². The van der Waals surface area contributed by atoms with Crippen molar-refractivity contribution in [3.8, 4) is 39.7 Å². The van der Waals surface area contributed by atoms with Crippen molar-refractivity contribution in [1.82, 2.24) is 19.5 Å². The van der Waals surface area contributed by atoms with Gasteiger partial charge >= 0.3 is 0 Å². The van der Waals surface area contributed by atoms with E-state index in [9.17, 15) is 0 Å². The van der Waals surface area contributed by atoms with Crippen molar-refractivity contribution in [3.05, 3.63) is 193 Å². The Kier molecular flexibility index (Phi) is 11.7. The predicted octanol–water partition coefficient (Wildman–Crippen LogP) is 16.6. The van der Waals surface area contributed by atoms with Gasteiger partial charge in [0.05, 0.1) is 22.4 Å². The number of hydrogen-bond acceptors (Lipinski definition) is 5. The van der Waals surface area contributed by atoms with Crippen LogP contribution in [0.1, 0.15) is 77.1 Å². The van der Waals surface area contributed by atoms with Gasteiger partial charge in [0.15, 0.2) is 0 Å². The minimum absolute atomic E-state index is 0. The van der Waals surface area contributed by atoms with Crippen LogP contribution in [-0.2, 0) is 25.5 Å². The number of imidazole rings is 1. The van der Waals surface area contributed by atoms with Crippen LogP contribution in [0.3, 0.4) is 0 Å². The SMILES string of the molecule is CC(C)(C)c1cc(-c2[c-]cccc2)ncn1.CC(C)c1cc(-c2cc3ccccc3o2)cc(C(C)C)c1-n1c(-c2[c-]ccc3c2oc2cc4c(ccc5ccccc54)cc23)nc2ccccc21.[Ir]. The topological polar surface area (TPSA) is 69.9 Å². The van der Waals surface area contributed by atoms with Crippen molar-refractivity contribution in [2.45, 2.75) is 65.7 Å². The molecule has 0 aliphatic rings. The fraction of sp³-hybridized carbons (Fsp3) is 0.164. The minimum atomic E-state index is 0. The van der Waals surface area contributed by atoms with Crippen molar-refractivity contribution < 1.29 is 28.9 Å². The van der Waals surface area contributed by atoms with Crippen LogP contribution < -0.4 is 0 Å². The van der Waals surface area contributed by atoms with Gasteiger partial charge in [-0.15, -0.1) is 54.1 Å². The molecule has 0 N–H and O–H groups in total. The Hall–Kier alpha value is -7.18. The Morgan fingerprint density at radius 1 is 0.574 bits per heavy atom. The maximum Gasteiger partial charge on any atom is 0.135 e. The summed E-state index contributed by atoms with van der Waals surface area (Å²) < 4.78 is 15.6. The number of hydrogen-bond donors (Lipinski definition) is 0. The predicted molar refractivity (Wildman–Crippen MR) is 276 cm³/mol. The van der Waals surface area contributed by atoms with Crippen molar-refractivity contribution in [2.24, 2.45) is 0 Å². The molecule has 68 heavy (non-hydrogen) atoms. The van der Waals surface area contributed by atoms with Crippen molar-refractivity contribution in [3.63, 3.8) is 0 Å². The van der Waals surface area contributed by atoms with Crippen LogP contribution in [0.15, 0.2) is 173 Å². The molecule has 12 rings (SSSR count). The maximum atomic E-state index is 6.85. The van der Waals surface area contributed by atoms with Gasteiger partial charge < -0.3 is 13.4 Å². The molecule has 0 atom stereocenters. The molecule has 7 heteroatoms. The van der Waals surface area contributed by atoms with Gasteiger partial charge in [-0.05, 0) is 98.7 Å². The van der Waals surface area contributed by atoms with E-state index in [4.69, 9.17) is 13.8 Å². The van der Waals surface area contributed by atoms with Gasteiger partial charge in [0.1, 0.15) is 23.3 Å². The molecule has 4 heterocycles. The van der Waals surface area contributed by atoms with Crippen LogP contribution in [0.2, 0.25) is 0 Å². The van der Waals surface area contributed by atoms with E-state index in [-0.39, 0.29) is 37.4 Å². The molecule has 12 aromatic rings. The summed E-state index contributed by atoms with van der Waals surface area (Å²) >= 11 is 0. The molecule has 1 radical (unpaired) electrons. The molecule has 337 valence electrons. The second-order valence-corrected chi connectivity index (χ2v) is 19.1. The van der Waals surface area contributed by atoms with E-state index < -0.39 is 0 Å². The molecule has 8 aromatic carbocycles. The van der Waals surface area contributed by atoms with Crippen molar-refractivity contribution in [1.29, 1.82) is 0 Å². The number of para-hydroxylation sites is 3. The number of nitrogens with zero attached hydrogens (tertiary/aromatic N) is 4. The number of furan rings is 2. The summed E-state index contributed by atoms with van der Waals surface area (Å²) in [4.78, 5) is 13.9. The first-order valence-electron chi connectivity index (χ1n) is 23.1. The van der Waals surface area contributed by atoms with Gasteiger partial charge in [0.25, 0.3) is 0 Å². The summed E-state index contributed by atoms with van der Waals surface area (Å²) in [6.45, 7) is 15.5. The molecule has 0 saturated heterocycles. The van der Waals surface area contributed by atoms with Crippen LogP contribution in [0.4, 0.5) is 0 Å². The van der Waals surface area contributed by atoms with E-state index in [1.807, 2.05) is 48.5 Å². The smallest absolute Gasteiger partial charge is 0.135 e. The Bertz CT molecular complexity index is 3750. The minimum Gasteiger partial charge on any atom is -0.501 e. The fourth-order valence-electron chi connectivity index (χ4n) is 9.38. The van der Waals surface area contributed by atoms with Crippen LogP contribution in [0.25, 0.3) is 105 Å². The standard InChI is InChI=1S/C47H35N2O2.C14H15N2.Ir/c1-27(2)36-23-32(43-25-31-13-6-10-19-42(31)50-43)24-37(28(3)4)45(36)49-41-18-9-8-17-40(41)48-47(49)35-16-11-15-34-39-22-30-21-20-29-12-5-7-14-33(29)38(30)26-44(39)51-46(34)35;1-14(2,3)13-9-12(15-10-16-13)11-7-5-4-6-8-11;/h5-15,17-28H,1-4H3;4-7,9-10H,1-3H3;/q2*-1;. The first-order valence-corrected chi connectivity index (χ1v) is 23.1. The van der Waals surface area contributed by atoms with E-state index in [1.165, 1.54) is 32.7 Å². The molecule has 4 aromatic heterocycles. The Labute approximate surface area is 410 Å². The molecular weight excluding hydrogens is 1010 g/mol. The summed E-state index contributed by atoms with van der Waals surface area (Å²) in [5, 5.41) is 8.07. The van der Waals surface area contributed by atoms with Gasteiger partial charge in [-0.1, -0.05) is 132 Å². The third-order valence-corrected chi connectivity index (χ3v) is 12.8. The van der Waals surface area contributed by atoms with Gasteiger partial charge in [0, 0.05) is 53.2 Å². The molecule has 0 aliphatic heterocycles. The number of benzene rings is 8. The van der Waals surface area contributed by atoms with Crippen LogP contribution in [0, 0.1) is 12.1 Å². The molecule has 0 bridgehead atoms. The Morgan fingerprint density at radius 3 is 2.04 bits per heavy atom. The molecule has 0 saturated carbocycles. The van der Waals surface area contributed by atoms with Gasteiger partial charge in [-0.2, -0.15) is 0 Å². The molecular formula is C61H50IrN4O2-2. The summed E-state index contributed by atoms with van der Waals surface area (Å²) in [5.41, 5.74) is 13.1. The van der Waals surface area contributed by atoms with Crippen molar-refractivity contribution in [2.75, 3.05) is 0 Å². The third kappa shape index (κ3) is 8.00. The average Bonchev–Trinajstić information content (AvgIpc) is 4.07. The van der Waals surface area contributed by atoms with E-state index in [0.717, 1.165) is 89.3 Å². The first kappa shape index (κ1) is 44.6. The molecule has 0 aliphatic carbocycles. The molecule has 6 nitrogen and oxygen atoms in total. The molecule has 0 fully saturated rings. The van der Waals surface area contributed by atoms with E-state index in [1.54, 1.807) is 6.33 Å². The molecule has 0 unspecified atom stereocenters. The van der Waals surface area contributed by atoms with Gasteiger partial charge in [-0.3, -0.25) is 9.97 Å². The number of aromatic nitrogens is 4. The quantitative estimate of drug-likeness (QED) is 0.123. The normalized spacial score (nSPS) is 11.9. The maximum absolute atomic E-state index is 6.85. The summed E-state index contributed by atoms with van der Waals surface area (Å²) in [5.74, 6) is 2.15. The molecule has 0 amide bonds. The zero-order chi connectivity index (χ0) is 46.0. The van der Waals surface area contributed by atoms with Gasteiger partial charge in [0.2, 0.25) is 0 Å². The zero-order valence-electron chi connectivity index (χ0n) is 39.2. The molecule has 0 spiro atoms. The zero-order valence-corrected chi connectivity index (χ0v) is 41.6. The van der Waals surface area contributed by atoms with E-state index >= 15 is 0 Å². The Morgan fingerprint density at radius 2 is 1.29 bits per heavy atom. The third-order valence-electron chi connectivity index (χ3n) is 12.8. The van der Waals surface area contributed by atoms with Crippen molar-refractivity contribution >= 4 is 65.5 Å². The first-order chi connectivity index (χ1) is 32.5. The van der Waals surface area contributed by atoms with E-state index in [0.29, 0.717) is 0 Å². The Balaban J connectivity index is 0.000000270. The number of rotatable bonds is 6. The summed E-state index contributed by atoms with van der Waals surface area (Å²) in [6.07, 6.45) is 1.62. The summed E-state index contributed by atoms with van der Waals surface area (Å²) in [6, 6.07) is 61.6. The van der Waals surface area contributed by atoms with Crippen LogP contribution in [0.5, 0.6) is 0 Å². The monoisotopic (exact) mass is 1060 g/mol. The van der Waals surface area contributed by atoms with Crippen LogP contribution in [-0.4, -0.2) is 19.5 Å².